The number of rotatable bonds is 10. The minimum Gasteiger partial charge on any atom is -0.389 e. The summed E-state index contributed by atoms with van der Waals surface area (Å²) < 4.78 is 10.1. The maximum Gasteiger partial charge on any atom is 0.0753 e. The third kappa shape index (κ3) is 8.01. The molecule has 0 radical (unpaired) electrons. The van der Waals surface area contributed by atoms with E-state index in [2.05, 4.69) is 4.90 Å². The molecule has 0 saturated heterocycles. The van der Waals surface area contributed by atoms with E-state index in [-0.39, 0.29) is 6.54 Å². The zero-order valence-electron chi connectivity index (χ0n) is 10.7. The average molecular weight is 234 g/mol. The molecule has 0 aromatic heterocycles. The lowest BCUT2D eigenvalue weighted by molar-refractivity contribution is 0.0391. The number of hydrogen-bond donors (Lipinski definition) is 2. The number of hydrogen-bond acceptors (Lipinski definition) is 5. The Hall–Kier alpha value is -0.200. The largest absolute Gasteiger partial charge is 0.389 e. The Balaban J connectivity index is 3.89. The van der Waals surface area contributed by atoms with Gasteiger partial charge in [-0.2, -0.15) is 0 Å². The van der Waals surface area contributed by atoms with Gasteiger partial charge in [-0.05, 0) is 13.3 Å². The van der Waals surface area contributed by atoms with Gasteiger partial charge in [-0.1, -0.05) is 0 Å². The van der Waals surface area contributed by atoms with E-state index in [0.29, 0.717) is 19.6 Å². The summed E-state index contributed by atoms with van der Waals surface area (Å²) >= 11 is 0. The fourth-order valence-electron chi connectivity index (χ4n) is 1.28. The summed E-state index contributed by atoms with van der Waals surface area (Å²) in [6.45, 7) is 5.92. The van der Waals surface area contributed by atoms with Crippen LogP contribution in [0.2, 0.25) is 0 Å². The maximum absolute atomic E-state index is 9.81. The van der Waals surface area contributed by atoms with Crippen LogP contribution in [-0.2, 0) is 9.47 Å². The number of nitrogens with two attached hydrogens (primary N) is 1. The Bertz CT molecular complexity index is 157. The highest BCUT2D eigenvalue weighted by molar-refractivity contribution is 4.75. The summed E-state index contributed by atoms with van der Waals surface area (Å²) in [5, 5.41) is 9.81. The smallest absolute Gasteiger partial charge is 0.0753 e. The fourth-order valence-corrected chi connectivity index (χ4v) is 1.28. The van der Waals surface area contributed by atoms with E-state index >= 15 is 0 Å². The Labute approximate surface area is 98.5 Å². The van der Waals surface area contributed by atoms with Crippen LogP contribution < -0.4 is 5.73 Å². The topological polar surface area (TPSA) is 68.0 Å². The molecule has 1 atom stereocenters. The van der Waals surface area contributed by atoms with Crippen molar-refractivity contribution in [3.63, 3.8) is 0 Å². The molecule has 98 valence electrons. The molecule has 0 aliphatic carbocycles. The molecule has 1 unspecified atom stereocenters. The normalized spacial score (nSPS) is 15.4. The molecular weight excluding hydrogens is 208 g/mol. The third-order valence-corrected chi connectivity index (χ3v) is 2.63. The second-order valence-corrected chi connectivity index (χ2v) is 4.28. The first-order valence-electron chi connectivity index (χ1n) is 5.68. The maximum atomic E-state index is 9.81. The van der Waals surface area contributed by atoms with E-state index in [4.69, 9.17) is 15.2 Å². The van der Waals surface area contributed by atoms with Crippen molar-refractivity contribution in [3.05, 3.63) is 0 Å². The molecule has 0 aromatic carbocycles. The summed E-state index contributed by atoms with van der Waals surface area (Å²) in [4.78, 5) is 2.21. The van der Waals surface area contributed by atoms with E-state index in [1.165, 1.54) is 0 Å². The van der Waals surface area contributed by atoms with Crippen LogP contribution in [0.4, 0.5) is 0 Å². The monoisotopic (exact) mass is 234 g/mol. The van der Waals surface area contributed by atoms with E-state index in [9.17, 15) is 5.11 Å². The minimum atomic E-state index is -0.779. The molecule has 0 aliphatic rings. The second-order valence-electron chi connectivity index (χ2n) is 4.28. The van der Waals surface area contributed by atoms with Crippen molar-refractivity contribution in [1.82, 2.24) is 4.90 Å². The van der Waals surface area contributed by atoms with E-state index in [1.807, 2.05) is 0 Å². The van der Waals surface area contributed by atoms with Crippen molar-refractivity contribution in [2.45, 2.75) is 18.9 Å². The predicted molar refractivity (Wildman–Crippen MR) is 64.5 cm³/mol. The molecular formula is C11H26N2O3. The molecule has 0 heterocycles. The van der Waals surface area contributed by atoms with Crippen LogP contribution in [0.5, 0.6) is 0 Å². The van der Waals surface area contributed by atoms with Crippen molar-refractivity contribution < 1.29 is 14.6 Å². The van der Waals surface area contributed by atoms with E-state index in [0.717, 1.165) is 19.6 Å². The van der Waals surface area contributed by atoms with Gasteiger partial charge < -0.3 is 20.3 Å². The highest BCUT2D eigenvalue weighted by Crippen LogP contribution is 2.07. The SMILES string of the molecule is COCCN(CCOC)CCC(C)(O)CN. The van der Waals surface area contributed by atoms with E-state index in [1.54, 1.807) is 21.1 Å². The van der Waals surface area contributed by atoms with Gasteiger partial charge in [-0.15, -0.1) is 0 Å². The van der Waals surface area contributed by atoms with Crippen molar-refractivity contribution >= 4 is 0 Å². The highest BCUT2D eigenvalue weighted by Gasteiger charge is 2.19. The Morgan fingerprint density at radius 1 is 1.12 bits per heavy atom. The van der Waals surface area contributed by atoms with Gasteiger partial charge in [0, 0.05) is 40.4 Å². The van der Waals surface area contributed by atoms with Crippen LogP contribution in [0.3, 0.4) is 0 Å². The average Bonchev–Trinajstić information content (AvgIpc) is 2.28. The summed E-state index contributed by atoms with van der Waals surface area (Å²) in [7, 11) is 3.37. The van der Waals surface area contributed by atoms with Crippen molar-refractivity contribution in [1.29, 1.82) is 0 Å². The molecule has 0 aromatic rings. The van der Waals surface area contributed by atoms with Crippen LogP contribution in [0.25, 0.3) is 0 Å². The van der Waals surface area contributed by atoms with Crippen LogP contribution in [0.1, 0.15) is 13.3 Å². The van der Waals surface area contributed by atoms with Gasteiger partial charge in [0.2, 0.25) is 0 Å². The van der Waals surface area contributed by atoms with Gasteiger partial charge in [-0.25, -0.2) is 0 Å². The number of ether oxygens (including phenoxy) is 2. The van der Waals surface area contributed by atoms with Crippen molar-refractivity contribution in [2.24, 2.45) is 5.73 Å². The van der Waals surface area contributed by atoms with Crippen LogP contribution in [-0.4, -0.2) is 69.2 Å². The molecule has 0 rings (SSSR count). The molecule has 0 bridgehead atoms. The standard InChI is InChI=1S/C11H26N2O3/c1-11(14,10-12)4-5-13(6-8-15-2)7-9-16-3/h14H,4-10,12H2,1-3H3. The number of nitrogens with zero attached hydrogens (tertiary/aromatic N) is 1. The lowest BCUT2D eigenvalue weighted by Gasteiger charge is -2.27. The summed E-state index contributed by atoms with van der Waals surface area (Å²) in [5.41, 5.74) is 4.70. The highest BCUT2D eigenvalue weighted by atomic mass is 16.5. The molecule has 16 heavy (non-hydrogen) atoms. The van der Waals surface area contributed by atoms with Crippen molar-refractivity contribution in [2.75, 3.05) is 53.6 Å². The van der Waals surface area contributed by atoms with Gasteiger partial charge in [-0.3, -0.25) is 4.90 Å². The zero-order valence-corrected chi connectivity index (χ0v) is 10.7. The van der Waals surface area contributed by atoms with Crippen LogP contribution in [0.15, 0.2) is 0 Å². The Morgan fingerprint density at radius 2 is 1.62 bits per heavy atom. The minimum absolute atomic E-state index is 0.287. The van der Waals surface area contributed by atoms with Gasteiger partial charge in [0.15, 0.2) is 0 Å². The second kappa shape index (κ2) is 8.90. The molecule has 0 spiro atoms. The molecule has 3 N–H and O–H groups in total. The van der Waals surface area contributed by atoms with Gasteiger partial charge in [0.05, 0.1) is 18.8 Å². The summed E-state index contributed by atoms with van der Waals surface area (Å²) in [5.74, 6) is 0. The first kappa shape index (κ1) is 15.8. The quantitative estimate of drug-likeness (QED) is 0.542. The van der Waals surface area contributed by atoms with Gasteiger partial charge >= 0.3 is 0 Å². The van der Waals surface area contributed by atoms with Gasteiger partial charge in [0.1, 0.15) is 0 Å². The first-order chi connectivity index (χ1) is 7.55. The summed E-state index contributed by atoms with van der Waals surface area (Å²) in [6, 6.07) is 0. The lowest BCUT2D eigenvalue weighted by atomic mass is 10.0. The van der Waals surface area contributed by atoms with Crippen LogP contribution >= 0.6 is 0 Å². The molecule has 5 heteroatoms. The van der Waals surface area contributed by atoms with Crippen LogP contribution in [0, 0.1) is 0 Å². The molecule has 0 aliphatic heterocycles. The van der Waals surface area contributed by atoms with Gasteiger partial charge in [0.25, 0.3) is 0 Å². The lowest BCUT2D eigenvalue weighted by Crippen LogP contribution is -2.40. The number of aliphatic hydroxyl groups is 1. The fraction of sp³-hybridized carbons (Fsp3) is 1.00. The zero-order chi connectivity index (χ0) is 12.4. The molecule has 0 fully saturated rings. The molecule has 5 nitrogen and oxygen atoms in total. The predicted octanol–water partition coefficient (Wildman–Crippen LogP) is -0.319. The third-order valence-electron chi connectivity index (χ3n) is 2.63. The summed E-state index contributed by atoms with van der Waals surface area (Å²) in [6.07, 6.45) is 0.664. The Morgan fingerprint density at radius 3 is 2.00 bits per heavy atom. The van der Waals surface area contributed by atoms with Crippen molar-refractivity contribution in [3.8, 4) is 0 Å². The number of methoxy groups -OCH3 is 2. The first-order valence-corrected chi connectivity index (χ1v) is 5.68. The Kier molecular flexibility index (Phi) is 8.78. The molecule has 0 saturated carbocycles. The molecule has 0 amide bonds. The van der Waals surface area contributed by atoms with E-state index < -0.39 is 5.60 Å².